The molecule has 0 aliphatic heterocycles. The van der Waals surface area contributed by atoms with Crippen LogP contribution in [0, 0.1) is 0 Å². The number of para-hydroxylation sites is 1. The fourth-order valence-corrected chi connectivity index (χ4v) is 2.95. The second-order valence-corrected chi connectivity index (χ2v) is 9.42. The Morgan fingerprint density at radius 1 is 1.08 bits per heavy atom. The molecule has 0 unspecified atom stereocenters. The van der Waals surface area contributed by atoms with E-state index in [2.05, 4.69) is 15.5 Å². The van der Waals surface area contributed by atoms with Crippen LogP contribution in [0.5, 0.6) is 0 Å². The number of halogens is 1. The van der Waals surface area contributed by atoms with Crippen molar-refractivity contribution in [2.75, 3.05) is 22.9 Å². The number of benzene rings is 1. The average Bonchev–Trinajstić information content (AvgIpc) is 2.53. The maximum atomic E-state index is 12.4. The lowest BCUT2D eigenvalue weighted by Crippen LogP contribution is -2.27. The summed E-state index contributed by atoms with van der Waals surface area (Å²) in [6.45, 7) is 0. The van der Waals surface area contributed by atoms with Crippen LogP contribution in [0.3, 0.4) is 0 Å². The van der Waals surface area contributed by atoms with Crippen LogP contribution in [0.1, 0.15) is 10.4 Å². The molecule has 1 aromatic carbocycles. The van der Waals surface area contributed by atoms with Gasteiger partial charge < -0.3 is 5.32 Å². The van der Waals surface area contributed by atoms with Crippen molar-refractivity contribution in [3.63, 3.8) is 0 Å². The van der Waals surface area contributed by atoms with Gasteiger partial charge in [-0.15, -0.1) is 10.2 Å². The first-order valence-corrected chi connectivity index (χ1v) is 10.8. The number of anilines is 2. The molecule has 12 heteroatoms. The topological polar surface area (TPSA) is 126 Å². The standard InChI is InChI=1S/C13H13ClN4O5S2/c1-18(24(2,20)21)10-6-4-3-5-9(10)13(19)15-11-7-8-12(17-16-11)25(14,22)23/h3-8H,1-2H3,(H,15,16,19). The van der Waals surface area contributed by atoms with Gasteiger partial charge in [0.15, 0.2) is 10.8 Å². The molecule has 25 heavy (non-hydrogen) atoms. The van der Waals surface area contributed by atoms with Gasteiger partial charge in [-0.1, -0.05) is 12.1 Å². The maximum Gasteiger partial charge on any atom is 0.280 e. The molecule has 0 spiro atoms. The fraction of sp³-hybridized carbons (Fsp3) is 0.154. The van der Waals surface area contributed by atoms with Crippen molar-refractivity contribution in [3.8, 4) is 0 Å². The molecule has 1 amide bonds. The van der Waals surface area contributed by atoms with Gasteiger partial charge in [0.25, 0.3) is 15.0 Å². The second kappa shape index (κ2) is 6.94. The van der Waals surface area contributed by atoms with E-state index >= 15 is 0 Å². The van der Waals surface area contributed by atoms with E-state index in [0.717, 1.165) is 16.6 Å². The van der Waals surface area contributed by atoms with Crippen LogP contribution in [0.2, 0.25) is 0 Å². The highest BCUT2D eigenvalue weighted by atomic mass is 35.7. The van der Waals surface area contributed by atoms with Crippen LogP contribution >= 0.6 is 10.7 Å². The van der Waals surface area contributed by atoms with Gasteiger partial charge >= 0.3 is 0 Å². The summed E-state index contributed by atoms with van der Waals surface area (Å²) in [7, 11) is -1.13. The second-order valence-electron chi connectivity index (χ2n) is 4.90. The molecule has 2 rings (SSSR count). The van der Waals surface area contributed by atoms with Crippen molar-refractivity contribution >= 4 is 47.2 Å². The number of amides is 1. The molecule has 1 aromatic heterocycles. The monoisotopic (exact) mass is 404 g/mol. The lowest BCUT2D eigenvalue weighted by atomic mass is 10.1. The van der Waals surface area contributed by atoms with Crippen LogP contribution in [0.4, 0.5) is 11.5 Å². The molecule has 0 saturated carbocycles. The molecule has 2 aromatic rings. The molecule has 0 aliphatic carbocycles. The molecule has 0 saturated heterocycles. The highest BCUT2D eigenvalue weighted by Gasteiger charge is 2.20. The van der Waals surface area contributed by atoms with E-state index < -0.39 is 30.0 Å². The molecule has 9 nitrogen and oxygen atoms in total. The zero-order valence-corrected chi connectivity index (χ0v) is 15.4. The zero-order chi connectivity index (χ0) is 18.8. The highest BCUT2D eigenvalue weighted by molar-refractivity contribution is 8.13. The minimum Gasteiger partial charge on any atom is -0.305 e. The summed E-state index contributed by atoms with van der Waals surface area (Å²) in [5.74, 6) is -0.659. The number of hydrogen-bond donors (Lipinski definition) is 1. The lowest BCUT2D eigenvalue weighted by molar-refractivity contribution is 0.102. The molecule has 0 bridgehead atoms. The van der Waals surface area contributed by atoms with Crippen molar-refractivity contribution in [1.82, 2.24) is 10.2 Å². The van der Waals surface area contributed by atoms with Gasteiger partial charge in [0.2, 0.25) is 10.0 Å². The quantitative estimate of drug-likeness (QED) is 0.738. The third-order valence-corrected chi connectivity index (χ3v) is 5.50. The molecule has 1 N–H and O–H groups in total. The van der Waals surface area contributed by atoms with Gasteiger partial charge in [-0.25, -0.2) is 16.8 Å². The van der Waals surface area contributed by atoms with E-state index in [0.29, 0.717) is 0 Å². The minimum absolute atomic E-state index is 0.0223. The van der Waals surface area contributed by atoms with Crippen LogP contribution in [0.15, 0.2) is 41.4 Å². The Labute approximate surface area is 149 Å². The van der Waals surface area contributed by atoms with E-state index in [1.54, 1.807) is 12.1 Å². The SMILES string of the molecule is CN(c1ccccc1C(=O)Nc1ccc(S(=O)(=O)Cl)nn1)S(C)(=O)=O. The summed E-state index contributed by atoms with van der Waals surface area (Å²) < 4.78 is 46.6. The number of rotatable bonds is 5. The van der Waals surface area contributed by atoms with Crippen molar-refractivity contribution in [2.45, 2.75) is 5.03 Å². The van der Waals surface area contributed by atoms with E-state index in [-0.39, 0.29) is 17.1 Å². The number of carbonyl (C=O) groups is 1. The Kier molecular flexibility index (Phi) is 5.30. The molecule has 0 atom stereocenters. The van der Waals surface area contributed by atoms with Crippen molar-refractivity contribution < 1.29 is 21.6 Å². The number of nitrogens with one attached hydrogen (secondary N) is 1. The third kappa shape index (κ3) is 4.65. The Morgan fingerprint density at radius 3 is 2.24 bits per heavy atom. The summed E-state index contributed by atoms with van der Waals surface area (Å²) in [4.78, 5) is 12.4. The minimum atomic E-state index is -4.02. The molecule has 134 valence electrons. The predicted octanol–water partition coefficient (Wildman–Crippen LogP) is 1.05. The predicted molar refractivity (Wildman–Crippen MR) is 92.7 cm³/mol. The van der Waals surface area contributed by atoms with Crippen molar-refractivity contribution in [3.05, 3.63) is 42.0 Å². The smallest absolute Gasteiger partial charge is 0.280 e. The Balaban J connectivity index is 2.31. The van der Waals surface area contributed by atoms with E-state index in [1.807, 2.05) is 0 Å². The summed E-state index contributed by atoms with van der Waals surface area (Å²) in [6, 6.07) is 8.38. The van der Waals surface area contributed by atoms with E-state index in [4.69, 9.17) is 10.7 Å². The summed E-state index contributed by atoms with van der Waals surface area (Å²) in [5, 5.41) is 8.92. The normalized spacial score (nSPS) is 11.8. The summed E-state index contributed by atoms with van der Waals surface area (Å²) in [6.07, 6.45) is 1.01. The van der Waals surface area contributed by atoms with Gasteiger partial charge in [0.05, 0.1) is 17.5 Å². The van der Waals surface area contributed by atoms with E-state index in [9.17, 15) is 21.6 Å². The molecule has 0 fully saturated rings. The summed E-state index contributed by atoms with van der Waals surface area (Å²) in [5.41, 5.74) is 0.265. The van der Waals surface area contributed by atoms with Crippen LogP contribution in [-0.4, -0.2) is 46.2 Å². The Morgan fingerprint density at radius 2 is 1.72 bits per heavy atom. The number of aromatic nitrogens is 2. The van der Waals surface area contributed by atoms with Crippen LogP contribution in [-0.2, 0) is 19.1 Å². The highest BCUT2D eigenvalue weighted by Crippen LogP contribution is 2.22. The summed E-state index contributed by atoms with van der Waals surface area (Å²) >= 11 is 0. The van der Waals surface area contributed by atoms with Gasteiger partial charge in [-0.05, 0) is 24.3 Å². The molecule has 1 heterocycles. The number of nitrogens with zero attached hydrogens (tertiary/aromatic N) is 3. The maximum absolute atomic E-state index is 12.4. The Bertz CT molecular complexity index is 1010. The molecular weight excluding hydrogens is 392 g/mol. The van der Waals surface area contributed by atoms with Crippen LogP contribution in [0.25, 0.3) is 0 Å². The molecular formula is C13H13ClN4O5S2. The zero-order valence-electron chi connectivity index (χ0n) is 13.0. The number of sulfonamides is 1. The van der Waals surface area contributed by atoms with Gasteiger partial charge in [-0.2, -0.15) is 0 Å². The average molecular weight is 405 g/mol. The van der Waals surface area contributed by atoms with Crippen molar-refractivity contribution in [2.24, 2.45) is 0 Å². The fourth-order valence-electron chi connectivity index (χ4n) is 1.82. The first-order chi connectivity index (χ1) is 11.5. The van der Waals surface area contributed by atoms with Gasteiger partial charge in [0.1, 0.15) is 0 Å². The lowest BCUT2D eigenvalue weighted by Gasteiger charge is -2.19. The Hall–Kier alpha value is -2.24. The van der Waals surface area contributed by atoms with Gasteiger partial charge in [-0.3, -0.25) is 9.10 Å². The van der Waals surface area contributed by atoms with Crippen molar-refractivity contribution in [1.29, 1.82) is 0 Å². The van der Waals surface area contributed by atoms with Crippen LogP contribution < -0.4 is 9.62 Å². The van der Waals surface area contributed by atoms with E-state index in [1.165, 1.54) is 25.2 Å². The third-order valence-electron chi connectivity index (χ3n) is 3.12. The van der Waals surface area contributed by atoms with Gasteiger partial charge in [0, 0.05) is 17.7 Å². The largest absolute Gasteiger partial charge is 0.305 e. The first kappa shape index (κ1) is 19.1. The number of hydrogen-bond acceptors (Lipinski definition) is 7. The molecule has 0 radical (unpaired) electrons. The molecule has 0 aliphatic rings. The number of carbonyl (C=O) groups excluding carboxylic acids is 1. The first-order valence-electron chi connectivity index (χ1n) is 6.63.